The van der Waals surface area contributed by atoms with E-state index in [0.717, 1.165) is 5.69 Å². The molecule has 1 fully saturated rings. The molecule has 0 heterocycles. The lowest BCUT2D eigenvalue weighted by Crippen LogP contribution is -2.14. The Bertz CT molecular complexity index is 643. The van der Waals surface area contributed by atoms with Crippen molar-refractivity contribution in [2.45, 2.75) is 38.0 Å². The van der Waals surface area contributed by atoms with Gasteiger partial charge < -0.3 is 11.1 Å². The highest BCUT2D eigenvalue weighted by molar-refractivity contribution is 6.07. The van der Waals surface area contributed by atoms with Gasteiger partial charge in [-0.1, -0.05) is 43.5 Å². The topological polar surface area (TPSA) is 55.1 Å². The molecule has 1 amide bonds. The normalized spacial score (nSPS) is 15.5. The molecule has 22 heavy (non-hydrogen) atoms. The highest BCUT2D eigenvalue weighted by Crippen LogP contribution is 2.33. The SMILES string of the molecule is Nc1ccccc1C(=O)Nc1ccc(C2CCCCC2)cc1. The van der Waals surface area contributed by atoms with Gasteiger partial charge in [0.1, 0.15) is 0 Å². The van der Waals surface area contributed by atoms with Gasteiger partial charge in [0.25, 0.3) is 5.91 Å². The zero-order valence-electron chi connectivity index (χ0n) is 12.7. The van der Waals surface area contributed by atoms with Crippen molar-refractivity contribution in [3.8, 4) is 0 Å². The van der Waals surface area contributed by atoms with Gasteiger partial charge in [0, 0.05) is 11.4 Å². The predicted octanol–water partition coefficient (Wildman–Crippen LogP) is 4.57. The van der Waals surface area contributed by atoms with Crippen molar-refractivity contribution >= 4 is 17.3 Å². The molecule has 1 saturated carbocycles. The quantitative estimate of drug-likeness (QED) is 0.815. The first-order chi connectivity index (χ1) is 10.7. The summed E-state index contributed by atoms with van der Waals surface area (Å²) in [7, 11) is 0. The Morgan fingerprint density at radius 1 is 0.955 bits per heavy atom. The van der Waals surface area contributed by atoms with Crippen molar-refractivity contribution in [1.82, 2.24) is 0 Å². The van der Waals surface area contributed by atoms with Crippen molar-refractivity contribution in [2.75, 3.05) is 11.1 Å². The number of hydrogen-bond donors (Lipinski definition) is 2. The minimum Gasteiger partial charge on any atom is -0.398 e. The highest BCUT2D eigenvalue weighted by Gasteiger charge is 2.15. The van der Waals surface area contributed by atoms with Gasteiger partial charge in [-0.05, 0) is 48.6 Å². The van der Waals surface area contributed by atoms with E-state index in [1.165, 1.54) is 37.7 Å². The standard InChI is InChI=1S/C19H22N2O/c20-18-9-5-4-8-17(18)19(22)21-16-12-10-15(11-13-16)14-6-2-1-3-7-14/h4-5,8-14H,1-3,6-7,20H2,(H,21,22). The summed E-state index contributed by atoms with van der Waals surface area (Å²) in [5.41, 5.74) is 9.05. The third kappa shape index (κ3) is 3.30. The maximum absolute atomic E-state index is 12.2. The van der Waals surface area contributed by atoms with Gasteiger partial charge in [-0.2, -0.15) is 0 Å². The highest BCUT2D eigenvalue weighted by atomic mass is 16.1. The summed E-state index contributed by atoms with van der Waals surface area (Å²) < 4.78 is 0. The number of nitrogen functional groups attached to an aromatic ring is 1. The van der Waals surface area contributed by atoms with E-state index >= 15 is 0 Å². The summed E-state index contributed by atoms with van der Waals surface area (Å²) in [5.74, 6) is 0.520. The zero-order valence-corrected chi connectivity index (χ0v) is 12.7. The first-order valence-corrected chi connectivity index (χ1v) is 8.00. The first kappa shape index (κ1) is 14.6. The van der Waals surface area contributed by atoms with Gasteiger partial charge >= 0.3 is 0 Å². The fraction of sp³-hybridized carbons (Fsp3) is 0.316. The number of para-hydroxylation sites is 1. The second-order valence-electron chi connectivity index (χ2n) is 6.00. The molecular weight excluding hydrogens is 272 g/mol. The third-order valence-electron chi connectivity index (χ3n) is 4.45. The summed E-state index contributed by atoms with van der Waals surface area (Å²) in [6.45, 7) is 0. The van der Waals surface area contributed by atoms with Gasteiger partial charge in [0.2, 0.25) is 0 Å². The van der Waals surface area contributed by atoms with Crippen LogP contribution in [0.15, 0.2) is 48.5 Å². The number of amides is 1. The van der Waals surface area contributed by atoms with Crippen molar-refractivity contribution in [2.24, 2.45) is 0 Å². The average molecular weight is 294 g/mol. The summed E-state index contributed by atoms with van der Waals surface area (Å²) in [4.78, 5) is 12.2. The second-order valence-corrected chi connectivity index (χ2v) is 6.00. The van der Waals surface area contributed by atoms with Gasteiger partial charge in [-0.3, -0.25) is 4.79 Å². The van der Waals surface area contributed by atoms with Crippen LogP contribution in [0.25, 0.3) is 0 Å². The summed E-state index contributed by atoms with van der Waals surface area (Å²) in [5, 5.41) is 2.91. The van der Waals surface area contributed by atoms with Crippen LogP contribution in [-0.2, 0) is 0 Å². The summed E-state index contributed by atoms with van der Waals surface area (Å²) >= 11 is 0. The molecule has 0 spiro atoms. The van der Waals surface area contributed by atoms with Crippen molar-refractivity contribution < 1.29 is 4.79 Å². The number of rotatable bonds is 3. The van der Waals surface area contributed by atoms with Crippen LogP contribution in [-0.4, -0.2) is 5.91 Å². The van der Waals surface area contributed by atoms with E-state index in [0.29, 0.717) is 17.2 Å². The Labute approximate surface area is 131 Å². The number of carbonyl (C=O) groups is 1. The number of anilines is 2. The molecule has 1 aliphatic carbocycles. The number of benzene rings is 2. The van der Waals surface area contributed by atoms with Crippen LogP contribution in [0.2, 0.25) is 0 Å². The van der Waals surface area contributed by atoms with Crippen molar-refractivity contribution in [3.05, 3.63) is 59.7 Å². The Morgan fingerprint density at radius 3 is 2.32 bits per heavy atom. The van der Waals surface area contributed by atoms with E-state index in [1.807, 2.05) is 24.3 Å². The zero-order chi connectivity index (χ0) is 15.4. The molecule has 0 unspecified atom stereocenters. The fourth-order valence-corrected chi connectivity index (χ4v) is 3.18. The van der Waals surface area contributed by atoms with Crippen LogP contribution in [0.4, 0.5) is 11.4 Å². The lowest BCUT2D eigenvalue weighted by molar-refractivity contribution is 0.102. The molecule has 0 aromatic heterocycles. The molecule has 1 aliphatic rings. The van der Waals surface area contributed by atoms with Gasteiger partial charge in [0.05, 0.1) is 5.56 Å². The van der Waals surface area contributed by atoms with Gasteiger partial charge in [-0.25, -0.2) is 0 Å². The Morgan fingerprint density at radius 2 is 1.64 bits per heavy atom. The van der Waals surface area contributed by atoms with Gasteiger partial charge in [0.15, 0.2) is 0 Å². The number of hydrogen-bond acceptors (Lipinski definition) is 2. The lowest BCUT2D eigenvalue weighted by atomic mass is 9.84. The average Bonchev–Trinajstić information content (AvgIpc) is 2.57. The van der Waals surface area contributed by atoms with E-state index in [4.69, 9.17) is 5.73 Å². The molecule has 114 valence electrons. The Hall–Kier alpha value is -2.29. The predicted molar refractivity (Wildman–Crippen MR) is 91.1 cm³/mol. The fourth-order valence-electron chi connectivity index (χ4n) is 3.18. The maximum Gasteiger partial charge on any atom is 0.257 e. The minimum absolute atomic E-state index is 0.163. The maximum atomic E-state index is 12.2. The van der Waals surface area contributed by atoms with Crippen LogP contribution < -0.4 is 11.1 Å². The second kappa shape index (κ2) is 6.65. The molecule has 0 radical (unpaired) electrons. The monoisotopic (exact) mass is 294 g/mol. The van der Waals surface area contributed by atoms with Crippen molar-refractivity contribution in [3.63, 3.8) is 0 Å². The molecular formula is C19H22N2O. The summed E-state index contributed by atoms with van der Waals surface area (Å²) in [6, 6.07) is 15.4. The van der Waals surface area contributed by atoms with Crippen LogP contribution in [0.3, 0.4) is 0 Å². The van der Waals surface area contributed by atoms with Crippen LogP contribution in [0.1, 0.15) is 53.9 Å². The molecule has 0 aliphatic heterocycles. The number of nitrogens with one attached hydrogen (secondary N) is 1. The molecule has 2 aromatic carbocycles. The minimum atomic E-state index is -0.163. The Balaban J connectivity index is 1.68. The molecule has 2 aromatic rings. The van der Waals surface area contributed by atoms with Crippen LogP contribution >= 0.6 is 0 Å². The van der Waals surface area contributed by atoms with Crippen LogP contribution in [0, 0.1) is 0 Å². The van der Waals surface area contributed by atoms with E-state index in [1.54, 1.807) is 12.1 Å². The number of carbonyl (C=O) groups excluding carboxylic acids is 1. The molecule has 3 nitrogen and oxygen atoms in total. The van der Waals surface area contributed by atoms with E-state index in [2.05, 4.69) is 17.4 Å². The van der Waals surface area contributed by atoms with E-state index < -0.39 is 0 Å². The van der Waals surface area contributed by atoms with E-state index in [9.17, 15) is 4.79 Å². The van der Waals surface area contributed by atoms with E-state index in [-0.39, 0.29) is 5.91 Å². The molecule has 3 rings (SSSR count). The lowest BCUT2D eigenvalue weighted by Gasteiger charge is -2.22. The Kier molecular flexibility index (Phi) is 4.42. The van der Waals surface area contributed by atoms with Gasteiger partial charge in [-0.15, -0.1) is 0 Å². The number of nitrogens with two attached hydrogens (primary N) is 1. The molecule has 0 atom stereocenters. The van der Waals surface area contributed by atoms with Crippen LogP contribution in [0.5, 0.6) is 0 Å². The molecule has 0 saturated heterocycles. The third-order valence-corrected chi connectivity index (χ3v) is 4.45. The first-order valence-electron chi connectivity index (χ1n) is 8.00. The van der Waals surface area contributed by atoms with Crippen molar-refractivity contribution in [1.29, 1.82) is 0 Å². The smallest absolute Gasteiger partial charge is 0.257 e. The molecule has 3 heteroatoms. The molecule has 0 bridgehead atoms. The summed E-state index contributed by atoms with van der Waals surface area (Å²) in [6.07, 6.45) is 6.59. The molecule has 3 N–H and O–H groups in total. The largest absolute Gasteiger partial charge is 0.398 e.